The number of aliphatic carboxylic acids is 1. The molecule has 210 valence electrons. The zero-order chi connectivity index (χ0) is 29.1. The van der Waals surface area contributed by atoms with E-state index >= 15 is 0 Å². The molecule has 3 N–H and O–H groups in total. The highest BCUT2D eigenvalue weighted by Gasteiger charge is 2.26. The fraction of sp³-hybridized carbons (Fsp3) is 0.219. The summed E-state index contributed by atoms with van der Waals surface area (Å²) in [5.41, 5.74) is 5.47. The molecule has 0 amide bonds. The van der Waals surface area contributed by atoms with E-state index in [0.29, 0.717) is 22.5 Å². The van der Waals surface area contributed by atoms with Gasteiger partial charge in [0.2, 0.25) is 0 Å². The number of carboxylic acid groups (broad SMARTS) is 2. The molecule has 1 heterocycles. The number of rotatable bonds is 11. The third kappa shape index (κ3) is 5.44. The molecule has 9 nitrogen and oxygen atoms in total. The van der Waals surface area contributed by atoms with Crippen LogP contribution in [-0.4, -0.2) is 53.3 Å². The van der Waals surface area contributed by atoms with Crippen molar-refractivity contribution in [1.29, 1.82) is 0 Å². The fourth-order valence-corrected chi connectivity index (χ4v) is 5.48. The van der Waals surface area contributed by atoms with Gasteiger partial charge in [-0.25, -0.2) is 4.79 Å². The minimum absolute atomic E-state index is 0.0181. The summed E-state index contributed by atoms with van der Waals surface area (Å²) in [7, 11) is 3.19. The molecule has 0 fully saturated rings. The van der Waals surface area contributed by atoms with E-state index in [2.05, 4.69) is 11.4 Å². The molecule has 0 atom stereocenters. The monoisotopic (exact) mass is 554 g/mol. The van der Waals surface area contributed by atoms with Crippen LogP contribution >= 0.6 is 0 Å². The van der Waals surface area contributed by atoms with Gasteiger partial charge in [0.1, 0.15) is 18.0 Å². The lowest BCUT2D eigenvalue weighted by atomic mass is 9.85. The van der Waals surface area contributed by atoms with E-state index in [0.717, 1.165) is 46.2 Å². The number of carbonyl (C=O) groups excluding carboxylic acids is 1. The number of aromatic nitrogens is 1. The molecule has 1 aliphatic rings. The SMILES string of the molecule is COc1ccc(C(=O)CNCc2c(C3=CCCc4c(OC)cccc43)c3ccc(C(=O)O)cc3n2CC(=O)O)cc1. The van der Waals surface area contributed by atoms with Gasteiger partial charge in [0.15, 0.2) is 5.78 Å². The largest absolute Gasteiger partial charge is 0.497 e. The van der Waals surface area contributed by atoms with E-state index in [-0.39, 0.29) is 31.0 Å². The van der Waals surface area contributed by atoms with Crippen LogP contribution < -0.4 is 14.8 Å². The standard InChI is InChI=1S/C32H30N2O7/c1-40-21-12-9-19(10-13-21)28(35)17-33-16-27-31(24-7-3-6-23-22(24)5-4-8-29(23)41-2)25-14-11-20(32(38)39)15-26(25)34(27)18-30(36)37/h4-5,7-15,33H,3,6,16-18H2,1-2H3,(H,36,37)(H,38,39). The minimum atomic E-state index is -1.10. The normalized spacial score (nSPS) is 12.5. The molecule has 1 aromatic heterocycles. The lowest BCUT2D eigenvalue weighted by Crippen LogP contribution is -2.25. The molecule has 1 aliphatic carbocycles. The molecule has 0 spiro atoms. The zero-order valence-electron chi connectivity index (χ0n) is 22.8. The van der Waals surface area contributed by atoms with Crippen LogP contribution in [0.5, 0.6) is 11.5 Å². The molecule has 0 saturated heterocycles. The number of ether oxygens (including phenoxy) is 2. The third-order valence-electron chi connectivity index (χ3n) is 7.36. The van der Waals surface area contributed by atoms with Crippen molar-refractivity contribution in [2.45, 2.75) is 25.9 Å². The summed E-state index contributed by atoms with van der Waals surface area (Å²) < 4.78 is 12.4. The highest BCUT2D eigenvalue weighted by Crippen LogP contribution is 2.41. The van der Waals surface area contributed by atoms with Crippen LogP contribution in [-0.2, 0) is 24.3 Å². The summed E-state index contributed by atoms with van der Waals surface area (Å²) in [5.74, 6) is -0.871. The smallest absolute Gasteiger partial charge is 0.335 e. The van der Waals surface area contributed by atoms with E-state index < -0.39 is 11.9 Å². The van der Waals surface area contributed by atoms with Crippen molar-refractivity contribution in [3.63, 3.8) is 0 Å². The first-order valence-electron chi connectivity index (χ1n) is 13.2. The van der Waals surface area contributed by atoms with Crippen LogP contribution in [0.4, 0.5) is 0 Å². The van der Waals surface area contributed by atoms with E-state index in [9.17, 15) is 24.6 Å². The number of allylic oxidation sites excluding steroid dienone is 1. The maximum absolute atomic E-state index is 12.9. The Hall–Kier alpha value is -4.89. The summed E-state index contributed by atoms with van der Waals surface area (Å²) in [6, 6.07) is 17.4. The number of ketones is 1. The number of hydrogen-bond acceptors (Lipinski definition) is 6. The first-order chi connectivity index (χ1) is 19.8. The third-order valence-corrected chi connectivity index (χ3v) is 7.36. The molecule has 0 aliphatic heterocycles. The maximum atomic E-state index is 12.9. The molecular formula is C32H30N2O7. The quantitative estimate of drug-likeness (QED) is 0.226. The van der Waals surface area contributed by atoms with Crippen molar-refractivity contribution in [3.05, 3.63) is 100 Å². The average molecular weight is 555 g/mol. The molecule has 0 bridgehead atoms. The van der Waals surface area contributed by atoms with Crippen molar-refractivity contribution in [1.82, 2.24) is 9.88 Å². The second-order valence-corrected chi connectivity index (χ2v) is 9.74. The molecule has 4 aromatic rings. The Balaban J connectivity index is 1.61. The molecule has 0 saturated carbocycles. The van der Waals surface area contributed by atoms with Gasteiger partial charge in [0.25, 0.3) is 0 Å². The Bertz CT molecular complexity index is 1680. The topological polar surface area (TPSA) is 127 Å². The van der Waals surface area contributed by atoms with Crippen LogP contribution in [0.25, 0.3) is 16.5 Å². The summed E-state index contributed by atoms with van der Waals surface area (Å²) >= 11 is 0. The minimum Gasteiger partial charge on any atom is -0.497 e. The number of carboxylic acids is 2. The van der Waals surface area contributed by atoms with Crippen molar-refractivity contribution in [2.24, 2.45) is 0 Å². The lowest BCUT2D eigenvalue weighted by molar-refractivity contribution is -0.137. The highest BCUT2D eigenvalue weighted by atomic mass is 16.5. The van der Waals surface area contributed by atoms with Crippen LogP contribution in [0.15, 0.2) is 66.7 Å². The van der Waals surface area contributed by atoms with E-state index in [1.165, 1.54) is 12.1 Å². The number of methoxy groups -OCH3 is 2. The summed E-state index contributed by atoms with van der Waals surface area (Å²) in [4.78, 5) is 36.8. The Labute approximate surface area is 236 Å². The van der Waals surface area contributed by atoms with Gasteiger partial charge < -0.3 is 29.6 Å². The predicted molar refractivity (Wildman–Crippen MR) is 154 cm³/mol. The summed E-state index contributed by atoms with van der Waals surface area (Å²) in [5, 5.41) is 23.4. The van der Waals surface area contributed by atoms with Gasteiger partial charge in [-0.2, -0.15) is 0 Å². The van der Waals surface area contributed by atoms with Crippen molar-refractivity contribution >= 4 is 34.2 Å². The predicted octanol–water partition coefficient (Wildman–Crippen LogP) is 4.79. The molecule has 41 heavy (non-hydrogen) atoms. The second-order valence-electron chi connectivity index (χ2n) is 9.74. The van der Waals surface area contributed by atoms with Gasteiger partial charge in [-0.15, -0.1) is 0 Å². The van der Waals surface area contributed by atoms with Gasteiger partial charge in [0.05, 0.1) is 31.8 Å². The van der Waals surface area contributed by atoms with Crippen LogP contribution in [0.3, 0.4) is 0 Å². The number of carbonyl (C=O) groups is 3. The Morgan fingerprint density at radius 1 is 0.951 bits per heavy atom. The second kappa shape index (κ2) is 11.7. The van der Waals surface area contributed by atoms with Gasteiger partial charge in [-0.1, -0.05) is 24.3 Å². The molecule has 9 heteroatoms. The summed E-state index contributed by atoms with van der Waals surface area (Å²) in [6.45, 7) is -0.177. The number of benzene rings is 3. The summed E-state index contributed by atoms with van der Waals surface area (Å²) in [6.07, 6.45) is 3.67. The van der Waals surface area contributed by atoms with Crippen molar-refractivity contribution < 1.29 is 34.1 Å². The van der Waals surface area contributed by atoms with E-state index in [1.807, 2.05) is 18.2 Å². The number of nitrogens with zero attached hydrogens (tertiary/aromatic N) is 1. The van der Waals surface area contributed by atoms with Gasteiger partial charge >= 0.3 is 11.9 Å². The molecular weight excluding hydrogens is 524 g/mol. The number of hydrogen-bond donors (Lipinski definition) is 3. The Morgan fingerprint density at radius 2 is 1.71 bits per heavy atom. The number of fused-ring (bicyclic) bond motifs is 2. The van der Waals surface area contributed by atoms with Crippen LogP contribution in [0.2, 0.25) is 0 Å². The maximum Gasteiger partial charge on any atom is 0.335 e. The number of nitrogens with one attached hydrogen (secondary N) is 1. The van der Waals surface area contributed by atoms with Crippen molar-refractivity contribution in [3.8, 4) is 11.5 Å². The fourth-order valence-electron chi connectivity index (χ4n) is 5.48. The first-order valence-corrected chi connectivity index (χ1v) is 13.2. The molecule has 3 aromatic carbocycles. The lowest BCUT2D eigenvalue weighted by Gasteiger charge is -2.22. The van der Waals surface area contributed by atoms with E-state index in [4.69, 9.17) is 9.47 Å². The van der Waals surface area contributed by atoms with E-state index in [1.54, 1.807) is 49.1 Å². The Morgan fingerprint density at radius 3 is 2.39 bits per heavy atom. The zero-order valence-corrected chi connectivity index (χ0v) is 22.8. The molecule has 0 radical (unpaired) electrons. The van der Waals surface area contributed by atoms with Crippen LogP contribution in [0, 0.1) is 0 Å². The van der Waals surface area contributed by atoms with Gasteiger partial charge in [-0.3, -0.25) is 9.59 Å². The van der Waals surface area contributed by atoms with Crippen LogP contribution in [0.1, 0.15) is 49.5 Å². The van der Waals surface area contributed by atoms with Gasteiger partial charge in [-0.05, 0) is 66.4 Å². The van der Waals surface area contributed by atoms with Gasteiger partial charge in [0, 0.05) is 34.3 Å². The molecule has 5 rings (SSSR count). The van der Waals surface area contributed by atoms with Crippen molar-refractivity contribution in [2.75, 3.05) is 20.8 Å². The molecule has 0 unspecified atom stereocenters. The number of aromatic carboxylic acids is 1. The highest BCUT2D eigenvalue weighted by molar-refractivity contribution is 6.03. The Kier molecular flexibility index (Phi) is 7.89. The average Bonchev–Trinajstić information content (AvgIpc) is 3.27. The number of Topliss-reactive ketones (excluding diaryl/α,β-unsaturated/α-hetero) is 1. The first kappa shape index (κ1) is 27.7.